The van der Waals surface area contributed by atoms with Crippen molar-refractivity contribution in [1.29, 1.82) is 0 Å². The summed E-state index contributed by atoms with van der Waals surface area (Å²) in [5.74, 6) is 0.0417. The number of halogens is 1. The molecule has 1 aromatic rings. The molecule has 1 amide bonds. The van der Waals surface area contributed by atoms with Crippen molar-refractivity contribution in [3.8, 4) is 0 Å². The fourth-order valence-corrected chi connectivity index (χ4v) is 1.47. The van der Waals surface area contributed by atoms with Gasteiger partial charge in [0, 0.05) is 17.9 Å². The molecule has 0 saturated heterocycles. The maximum absolute atomic E-state index is 11.3. The minimum atomic E-state index is -0.0252. The molecule has 0 bridgehead atoms. The van der Waals surface area contributed by atoms with Crippen LogP contribution in [0.15, 0.2) is 24.4 Å². The Bertz CT molecular complexity index is 289. The Kier molecular flexibility index (Phi) is 4.59. The molecule has 3 nitrogen and oxygen atoms in total. The quantitative estimate of drug-likeness (QED) is 0.839. The van der Waals surface area contributed by atoms with Crippen LogP contribution >= 0.6 is 15.9 Å². The number of hydrogen-bond donors (Lipinski definition) is 1. The average Bonchev–Trinajstić information content (AvgIpc) is 2.19. The van der Waals surface area contributed by atoms with Gasteiger partial charge in [0.05, 0.1) is 11.7 Å². The van der Waals surface area contributed by atoms with Gasteiger partial charge in [-0.25, -0.2) is 0 Å². The second-order valence-corrected chi connectivity index (χ2v) is 3.78. The molecule has 76 valence electrons. The zero-order chi connectivity index (χ0) is 10.4. The third kappa shape index (κ3) is 3.46. The predicted octanol–water partition coefficient (Wildman–Crippen LogP) is 2.04. The molecule has 1 atom stereocenters. The van der Waals surface area contributed by atoms with Gasteiger partial charge < -0.3 is 5.32 Å². The number of rotatable bonds is 4. The fraction of sp³-hybridized carbons (Fsp3) is 0.400. The van der Waals surface area contributed by atoms with Crippen LogP contribution in [-0.2, 0) is 4.79 Å². The van der Waals surface area contributed by atoms with Crippen LogP contribution in [0.4, 0.5) is 0 Å². The van der Waals surface area contributed by atoms with E-state index in [1.807, 2.05) is 25.1 Å². The lowest BCUT2D eigenvalue weighted by atomic mass is 10.2. The van der Waals surface area contributed by atoms with Gasteiger partial charge in [-0.05, 0) is 19.1 Å². The summed E-state index contributed by atoms with van der Waals surface area (Å²) < 4.78 is 0. The lowest BCUT2D eigenvalue weighted by Gasteiger charge is -2.12. The Balaban J connectivity index is 2.50. The van der Waals surface area contributed by atoms with Crippen LogP contribution in [0.1, 0.15) is 25.1 Å². The van der Waals surface area contributed by atoms with Crippen molar-refractivity contribution >= 4 is 21.8 Å². The molecular weight excluding hydrogens is 244 g/mol. The van der Waals surface area contributed by atoms with Crippen LogP contribution in [0, 0.1) is 0 Å². The van der Waals surface area contributed by atoms with E-state index < -0.39 is 0 Å². The number of alkyl halides is 1. The van der Waals surface area contributed by atoms with Gasteiger partial charge in [0.15, 0.2) is 0 Å². The summed E-state index contributed by atoms with van der Waals surface area (Å²) in [6.07, 6.45) is 2.22. The number of amides is 1. The Hall–Kier alpha value is -0.900. The summed E-state index contributed by atoms with van der Waals surface area (Å²) in [6, 6.07) is 5.65. The molecule has 0 aliphatic rings. The van der Waals surface area contributed by atoms with Crippen molar-refractivity contribution < 1.29 is 4.79 Å². The first kappa shape index (κ1) is 11.2. The van der Waals surface area contributed by atoms with Crippen LogP contribution in [0.5, 0.6) is 0 Å². The highest BCUT2D eigenvalue weighted by molar-refractivity contribution is 9.09. The second-order valence-electron chi connectivity index (χ2n) is 2.98. The molecular formula is C10H13BrN2O. The normalized spacial score (nSPS) is 12.1. The van der Waals surface area contributed by atoms with Crippen LogP contribution < -0.4 is 5.32 Å². The highest BCUT2D eigenvalue weighted by atomic mass is 79.9. The van der Waals surface area contributed by atoms with Gasteiger partial charge >= 0.3 is 0 Å². The van der Waals surface area contributed by atoms with Crippen molar-refractivity contribution in [3.05, 3.63) is 30.1 Å². The molecule has 0 radical (unpaired) electrons. The lowest BCUT2D eigenvalue weighted by molar-refractivity contribution is -0.121. The lowest BCUT2D eigenvalue weighted by Crippen LogP contribution is -2.27. The molecule has 4 heteroatoms. The van der Waals surface area contributed by atoms with Crippen molar-refractivity contribution in [1.82, 2.24) is 10.3 Å². The summed E-state index contributed by atoms with van der Waals surface area (Å²) in [6.45, 7) is 1.93. The SMILES string of the molecule is CC(NC(=O)CCBr)c1ccccn1. The third-order valence-electron chi connectivity index (χ3n) is 1.83. The Morgan fingerprint density at radius 3 is 3.00 bits per heavy atom. The first-order valence-electron chi connectivity index (χ1n) is 4.50. The third-order valence-corrected chi connectivity index (χ3v) is 2.23. The van der Waals surface area contributed by atoms with E-state index in [9.17, 15) is 4.79 Å². The number of hydrogen-bond acceptors (Lipinski definition) is 2. The van der Waals surface area contributed by atoms with Crippen LogP contribution in [0.2, 0.25) is 0 Å². The van der Waals surface area contributed by atoms with E-state index in [2.05, 4.69) is 26.2 Å². The highest BCUT2D eigenvalue weighted by Gasteiger charge is 2.08. The van der Waals surface area contributed by atoms with Gasteiger partial charge in [-0.1, -0.05) is 22.0 Å². The first-order valence-corrected chi connectivity index (χ1v) is 5.62. The average molecular weight is 257 g/mol. The molecule has 0 aromatic carbocycles. The topological polar surface area (TPSA) is 42.0 Å². The van der Waals surface area contributed by atoms with Crippen molar-refractivity contribution in [2.45, 2.75) is 19.4 Å². The summed E-state index contributed by atoms with van der Waals surface area (Å²) >= 11 is 3.22. The highest BCUT2D eigenvalue weighted by Crippen LogP contribution is 2.07. The summed E-state index contributed by atoms with van der Waals surface area (Å²) in [7, 11) is 0. The van der Waals surface area contributed by atoms with Crippen LogP contribution in [-0.4, -0.2) is 16.2 Å². The smallest absolute Gasteiger partial charge is 0.221 e. The standard InChI is InChI=1S/C10H13BrN2O/c1-8(13-10(14)5-6-11)9-4-2-3-7-12-9/h2-4,7-8H,5-6H2,1H3,(H,13,14). The monoisotopic (exact) mass is 256 g/mol. The molecule has 0 saturated carbocycles. The van der Waals surface area contributed by atoms with E-state index in [0.29, 0.717) is 11.8 Å². The number of nitrogens with zero attached hydrogens (tertiary/aromatic N) is 1. The first-order chi connectivity index (χ1) is 6.74. The molecule has 1 unspecified atom stereocenters. The van der Waals surface area contributed by atoms with Crippen molar-refractivity contribution in [2.24, 2.45) is 0 Å². The maximum atomic E-state index is 11.3. The van der Waals surface area contributed by atoms with Gasteiger partial charge in [-0.2, -0.15) is 0 Å². The van der Waals surface area contributed by atoms with Crippen molar-refractivity contribution in [2.75, 3.05) is 5.33 Å². The Morgan fingerprint density at radius 1 is 1.64 bits per heavy atom. The zero-order valence-corrected chi connectivity index (χ0v) is 9.62. The molecule has 14 heavy (non-hydrogen) atoms. The van der Waals surface area contributed by atoms with E-state index >= 15 is 0 Å². The van der Waals surface area contributed by atoms with Gasteiger partial charge in [0.2, 0.25) is 5.91 Å². The molecule has 1 N–H and O–H groups in total. The van der Waals surface area contributed by atoms with Gasteiger partial charge in [-0.3, -0.25) is 9.78 Å². The Morgan fingerprint density at radius 2 is 2.43 bits per heavy atom. The predicted molar refractivity (Wildman–Crippen MR) is 59.2 cm³/mol. The number of pyridine rings is 1. The minimum Gasteiger partial charge on any atom is -0.348 e. The van der Waals surface area contributed by atoms with E-state index in [1.165, 1.54) is 0 Å². The number of carbonyl (C=O) groups is 1. The van der Waals surface area contributed by atoms with Crippen LogP contribution in [0.3, 0.4) is 0 Å². The molecule has 1 heterocycles. The second kappa shape index (κ2) is 5.75. The Labute approximate surface area is 92.1 Å². The van der Waals surface area contributed by atoms with E-state index in [1.54, 1.807) is 6.20 Å². The number of nitrogens with one attached hydrogen (secondary N) is 1. The van der Waals surface area contributed by atoms with Crippen molar-refractivity contribution in [3.63, 3.8) is 0 Å². The molecule has 0 fully saturated rings. The molecule has 0 spiro atoms. The number of aromatic nitrogens is 1. The van der Waals surface area contributed by atoms with Gasteiger partial charge in [0.1, 0.15) is 0 Å². The largest absolute Gasteiger partial charge is 0.348 e. The summed E-state index contributed by atoms with van der Waals surface area (Å²) in [5, 5.41) is 3.55. The van der Waals surface area contributed by atoms with E-state index in [4.69, 9.17) is 0 Å². The fourth-order valence-electron chi connectivity index (χ4n) is 1.11. The molecule has 0 aliphatic carbocycles. The van der Waals surface area contributed by atoms with E-state index in [0.717, 1.165) is 5.69 Å². The minimum absolute atomic E-state index is 0.0252. The molecule has 0 aliphatic heterocycles. The van der Waals surface area contributed by atoms with Gasteiger partial charge in [0.25, 0.3) is 0 Å². The van der Waals surface area contributed by atoms with Crippen LogP contribution in [0.25, 0.3) is 0 Å². The number of carbonyl (C=O) groups excluding carboxylic acids is 1. The zero-order valence-electron chi connectivity index (χ0n) is 8.03. The van der Waals surface area contributed by atoms with Gasteiger partial charge in [-0.15, -0.1) is 0 Å². The maximum Gasteiger partial charge on any atom is 0.221 e. The summed E-state index contributed by atoms with van der Waals surface area (Å²) in [5.41, 5.74) is 0.885. The van der Waals surface area contributed by atoms with E-state index in [-0.39, 0.29) is 11.9 Å². The molecule has 1 aromatic heterocycles. The molecule has 1 rings (SSSR count). The summed E-state index contributed by atoms with van der Waals surface area (Å²) in [4.78, 5) is 15.4.